The third-order valence-corrected chi connectivity index (χ3v) is 4.11. The molecule has 0 aromatic carbocycles. The van der Waals surface area contributed by atoms with Gasteiger partial charge in [0, 0.05) is 18.3 Å². The van der Waals surface area contributed by atoms with E-state index in [-0.39, 0.29) is 24.1 Å². The van der Waals surface area contributed by atoms with Gasteiger partial charge in [-0.1, -0.05) is 29.0 Å². The summed E-state index contributed by atoms with van der Waals surface area (Å²) in [5.74, 6) is -0.348. The molecule has 0 atom stereocenters. The quantitative estimate of drug-likeness (QED) is 0.768. The fraction of sp³-hybridized carbons (Fsp3) is 0.154. The van der Waals surface area contributed by atoms with Crippen molar-refractivity contribution >= 4 is 34.4 Å². The van der Waals surface area contributed by atoms with Crippen molar-refractivity contribution in [3.05, 3.63) is 39.9 Å². The SMILES string of the molecule is O=C(NCCO)c1nc(-c2cnn3ccccc23)c(Cl)s1. The van der Waals surface area contributed by atoms with Crippen LogP contribution in [0, 0.1) is 0 Å². The van der Waals surface area contributed by atoms with Crippen molar-refractivity contribution in [2.24, 2.45) is 0 Å². The van der Waals surface area contributed by atoms with Gasteiger partial charge in [0.2, 0.25) is 0 Å². The van der Waals surface area contributed by atoms with Gasteiger partial charge < -0.3 is 10.4 Å². The van der Waals surface area contributed by atoms with Crippen LogP contribution in [0.3, 0.4) is 0 Å². The van der Waals surface area contributed by atoms with E-state index in [9.17, 15) is 4.79 Å². The molecule has 3 heterocycles. The van der Waals surface area contributed by atoms with Crippen LogP contribution in [0.5, 0.6) is 0 Å². The number of pyridine rings is 1. The van der Waals surface area contributed by atoms with Crippen molar-refractivity contribution < 1.29 is 9.90 Å². The summed E-state index contributed by atoms with van der Waals surface area (Å²) < 4.78 is 2.15. The highest BCUT2D eigenvalue weighted by molar-refractivity contribution is 7.18. The highest BCUT2D eigenvalue weighted by Crippen LogP contribution is 2.34. The normalized spacial score (nSPS) is 11.0. The highest BCUT2D eigenvalue weighted by Gasteiger charge is 2.19. The molecule has 0 aliphatic rings. The van der Waals surface area contributed by atoms with Gasteiger partial charge in [0.05, 0.1) is 18.3 Å². The molecule has 6 nitrogen and oxygen atoms in total. The molecular weight excluding hydrogens is 312 g/mol. The average Bonchev–Trinajstić information content (AvgIpc) is 3.08. The minimum absolute atomic E-state index is 0.119. The van der Waals surface area contributed by atoms with E-state index in [1.165, 1.54) is 0 Å². The lowest BCUT2D eigenvalue weighted by molar-refractivity contribution is 0.0944. The molecule has 0 fully saturated rings. The Morgan fingerprint density at radius 1 is 1.48 bits per heavy atom. The van der Waals surface area contributed by atoms with Crippen molar-refractivity contribution in [3.8, 4) is 11.3 Å². The molecule has 0 aliphatic heterocycles. The third kappa shape index (κ3) is 2.63. The first-order valence-corrected chi connectivity index (χ1v) is 7.38. The molecule has 0 spiro atoms. The summed E-state index contributed by atoms with van der Waals surface area (Å²) >= 11 is 7.31. The number of carbonyl (C=O) groups excluding carboxylic acids is 1. The maximum Gasteiger partial charge on any atom is 0.280 e. The topological polar surface area (TPSA) is 79.5 Å². The van der Waals surface area contributed by atoms with E-state index >= 15 is 0 Å². The van der Waals surface area contributed by atoms with Crippen LogP contribution in [0.4, 0.5) is 0 Å². The molecule has 21 heavy (non-hydrogen) atoms. The monoisotopic (exact) mass is 322 g/mol. The number of aliphatic hydroxyl groups is 1. The lowest BCUT2D eigenvalue weighted by atomic mass is 10.2. The molecule has 3 aromatic heterocycles. The fourth-order valence-electron chi connectivity index (χ4n) is 1.93. The predicted molar refractivity (Wildman–Crippen MR) is 80.7 cm³/mol. The maximum absolute atomic E-state index is 11.8. The van der Waals surface area contributed by atoms with Gasteiger partial charge in [-0.2, -0.15) is 5.10 Å². The van der Waals surface area contributed by atoms with Gasteiger partial charge in [-0.15, -0.1) is 0 Å². The zero-order chi connectivity index (χ0) is 14.8. The number of rotatable bonds is 4. The van der Waals surface area contributed by atoms with E-state index in [0.717, 1.165) is 22.4 Å². The molecule has 3 rings (SSSR count). The van der Waals surface area contributed by atoms with Crippen molar-refractivity contribution in [3.63, 3.8) is 0 Å². The number of aromatic nitrogens is 3. The molecule has 108 valence electrons. The number of fused-ring (bicyclic) bond motifs is 1. The number of hydrogen-bond acceptors (Lipinski definition) is 5. The summed E-state index contributed by atoms with van der Waals surface area (Å²) in [5, 5.41) is 15.8. The first-order valence-electron chi connectivity index (χ1n) is 6.19. The Hall–Kier alpha value is -1.96. The van der Waals surface area contributed by atoms with Gasteiger partial charge in [-0.3, -0.25) is 4.79 Å². The lowest BCUT2D eigenvalue weighted by Gasteiger charge is -1.98. The van der Waals surface area contributed by atoms with E-state index in [4.69, 9.17) is 16.7 Å². The second kappa shape index (κ2) is 5.80. The zero-order valence-electron chi connectivity index (χ0n) is 10.8. The molecular formula is C13H11ClN4O2S. The lowest BCUT2D eigenvalue weighted by Crippen LogP contribution is -2.26. The molecule has 0 saturated carbocycles. The van der Waals surface area contributed by atoms with E-state index < -0.39 is 0 Å². The number of amides is 1. The van der Waals surface area contributed by atoms with Crippen molar-refractivity contribution in [2.75, 3.05) is 13.2 Å². The molecule has 0 saturated heterocycles. The molecule has 0 unspecified atom stereocenters. The standard InChI is InChI=1S/C13H11ClN4O2S/c14-11-10(17-13(21-11)12(20)15-4-6-19)8-7-16-18-5-2-1-3-9(8)18/h1-3,5,7,19H,4,6H2,(H,15,20). The minimum atomic E-state index is -0.348. The first-order chi connectivity index (χ1) is 10.2. The molecule has 2 N–H and O–H groups in total. The van der Waals surface area contributed by atoms with E-state index in [1.807, 2.05) is 24.4 Å². The number of nitrogens with one attached hydrogen (secondary N) is 1. The summed E-state index contributed by atoms with van der Waals surface area (Å²) in [6.45, 7) is 0.0633. The van der Waals surface area contributed by atoms with Crippen LogP contribution in [-0.2, 0) is 0 Å². The van der Waals surface area contributed by atoms with Gasteiger partial charge in [0.1, 0.15) is 10.0 Å². The number of hydrogen-bond donors (Lipinski definition) is 2. The number of aliphatic hydroxyl groups excluding tert-OH is 1. The Balaban J connectivity index is 2.00. The van der Waals surface area contributed by atoms with Crippen LogP contribution in [0.15, 0.2) is 30.6 Å². The van der Waals surface area contributed by atoms with Crippen molar-refractivity contribution in [1.29, 1.82) is 0 Å². The molecule has 1 amide bonds. The molecule has 0 radical (unpaired) electrons. The summed E-state index contributed by atoms with van der Waals surface area (Å²) in [4.78, 5) is 16.1. The van der Waals surface area contributed by atoms with Gasteiger partial charge in [-0.05, 0) is 12.1 Å². The number of thiazole rings is 1. The Morgan fingerprint density at radius 3 is 3.14 bits per heavy atom. The van der Waals surface area contributed by atoms with Gasteiger partial charge in [0.25, 0.3) is 5.91 Å². The van der Waals surface area contributed by atoms with Gasteiger partial charge >= 0.3 is 0 Å². The molecule has 0 aliphatic carbocycles. The zero-order valence-corrected chi connectivity index (χ0v) is 12.4. The number of halogens is 1. The number of nitrogens with zero attached hydrogens (tertiary/aromatic N) is 3. The average molecular weight is 323 g/mol. The van der Waals surface area contributed by atoms with Crippen molar-refractivity contribution in [1.82, 2.24) is 19.9 Å². The summed E-state index contributed by atoms with van der Waals surface area (Å²) in [7, 11) is 0. The second-order valence-corrected chi connectivity index (χ2v) is 5.81. The smallest absolute Gasteiger partial charge is 0.280 e. The van der Waals surface area contributed by atoms with Crippen LogP contribution in [0.1, 0.15) is 9.80 Å². The maximum atomic E-state index is 11.8. The van der Waals surface area contributed by atoms with Crippen molar-refractivity contribution in [2.45, 2.75) is 0 Å². The molecule has 3 aromatic rings. The Kier molecular flexibility index (Phi) is 3.87. The highest BCUT2D eigenvalue weighted by atomic mass is 35.5. The van der Waals surface area contributed by atoms with Crippen LogP contribution in [0.25, 0.3) is 16.8 Å². The van der Waals surface area contributed by atoms with E-state index in [0.29, 0.717) is 10.0 Å². The molecule has 8 heteroatoms. The number of carbonyl (C=O) groups is 1. The van der Waals surface area contributed by atoms with Crippen LogP contribution in [-0.4, -0.2) is 38.8 Å². The van der Waals surface area contributed by atoms with Crippen LogP contribution >= 0.6 is 22.9 Å². The predicted octanol–water partition coefficient (Wildman–Crippen LogP) is 1.83. The van der Waals surface area contributed by atoms with Crippen LogP contribution in [0.2, 0.25) is 4.34 Å². The molecule has 0 bridgehead atoms. The van der Waals surface area contributed by atoms with Crippen LogP contribution < -0.4 is 5.32 Å². The fourth-order valence-corrected chi connectivity index (χ4v) is 3.01. The largest absolute Gasteiger partial charge is 0.395 e. The van der Waals surface area contributed by atoms with Gasteiger partial charge in [-0.25, -0.2) is 9.50 Å². The summed E-state index contributed by atoms with van der Waals surface area (Å²) in [5.41, 5.74) is 2.18. The first kappa shape index (κ1) is 14.0. The van der Waals surface area contributed by atoms with Gasteiger partial charge in [0.15, 0.2) is 5.01 Å². The third-order valence-electron chi connectivity index (χ3n) is 2.86. The van der Waals surface area contributed by atoms with E-state index in [1.54, 1.807) is 10.7 Å². The summed E-state index contributed by atoms with van der Waals surface area (Å²) in [6.07, 6.45) is 3.50. The Morgan fingerprint density at radius 2 is 2.33 bits per heavy atom. The Bertz CT molecular complexity index is 798. The van der Waals surface area contributed by atoms with E-state index in [2.05, 4.69) is 15.4 Å². The summed E-state index contributed by atoms with van der Waals surface area (Å²) in [6, 6.07) is 5.68. The minimum Gasteiger partial charge on any atom is -0.395 e. The second-order valence-electron chi connectivity index (χ2n) is 4.21. The Labute approximate surface area is 129 Å².